The fourth-order valence-electron chi connectivity index (χ4n) is 2.41. The van der Waals surface area contributed by atoms with Gasteiger partial charge in [0.15, 0.2) is 0 Å². The summed E-state index contributed by atoms with van der Waals surface area (Å²) < 4.78 is 4.74. The van der Waals surface area contributed by atoms with E-state index in [0.717, 1.165) is 12.8 Å². The van der Waals surface area contributed by atoms with Gasteiger partial charge in [-0.25, -0.2) is 4.79 Å². The van der Waals surface area contributed by atoms with E-state index in [1.165, 1.54) is 23.8 Å². The van der Waals surface area contributed by atoms with Gasteiger partial charge in [-0.1, -0.05) is 0 Å². The number of carbonyl (C=O) groups excluding carboxylic acids is 3. The van der Waals surface area contributed by atoms with Crippen LogP contribution in [0.4, 0.5) is 0 Å². The third kappa shape index (κ3) is 3.20. The molecule has 2 fully saturated rings. The summed E-state index contributed by atoms with van der Waals surface area (Å²) in [4.78, 5) is 38.5. The number of esters is 1. The highest BCUT2D eigenvalue weighted by Gasteiger charge is 2.34. The first kappa shape index (κ1) is 14.2. The van der Waals surface area contributed by atoms with E-state index >= 15 is 0 Å². The first-order valence-corrected chi connectivity index (χ1v) is 7.51. The minimum absolute atomic E-state index is 0.00928. The molecular weight excluding hydrogens is 268 g/mol. The molecule has 1 unspecified atom stereocenters. The molecule has 0 aliphatic carbocycles. The largest absolute Gasteiger partial charge is 0.467 e. The van der Waals surface area contributed by atoms with E-state index in [2.05, 4.69) is 0 Å². The summed E-state index contributed by atoms with van der Waals surface area (Å²) in [6, 6.07) is -0.489. The lowest BCUT2D eigenvalue weighted by Crippen LogP contribution is -2.51. The van der Waals surface area contributed by atoms with E-state index < -0.39 is 6.04 Å². The van der Waals surface area contributed by atoms with Crippen LogP contribution in [0.3, 0.4) is 0 Å². The molecule has 0 N–H and O–H groups in total. The second-order valence-corrected chi connectivity index (χ2v) is 5.65. The Morgan fingerprint density at radius 1 is 1.42 bits per heavy atom. The van der Waals surface area contributed by atoms with Crippen LogP contribution < -0.4 is 0 Å². The van der Waals surface area contributed by atoms with Crippen LogP contribution >= 0.6 is 11.8 Å². The number of methoxy groups -OCH3 is 1. The number of thioether (sulfide) groups is 1. The Bertz CT molecular complexity index is 388. The molecule has 0 bridgehead atoms. The molecule has 1 atom stereocenters. The molecular formula is C12H18N2O4S. The predicted molar refractivity (Wildman–Crippen MR) is 70.4 cm³/mol. The standard InChI is InChI=1S/C12H18N2O4S/c1-18-12(17)9-4-2-3-5-14(9)10(15)6-13-8-19-7-11(13)16/h9H,2-8H2,1H3. The summed E-state index contributed by atoms with van der Waals surface area (Å²) in [5.74, 6) is 0.459. The zero-order chi connectivity index (χ0) is 13.8. The van der Waals surface area contributed by atoms with Crippen LogP contribution in [0, 0.1) is 0 Å². The highest BCUT2D eigenvalue weighted by Crippen LogP contribution is 2.20. The second kappa shape index (κ2) is 6.27. The van der Waals surface area contributed by atoms with E-state index in [4.69, 9.17) is 4.74 Å². The Labute approximate surface area is 116 Å². The predicted octanol–water partition coefficient (Wildman–Crippen LogP) is 0.0734. The Kier molecular flexibility index (Phi) is 4.68. The third-order valence-electron chi connectivity index (χ3n) is 3.45. The minimum Gasteiger partial charge on any atom is -0.467 e. The van der Waals surface area contributed by atoms with Gasteiger partial charge in [-0.05, 0) is 19.3 Å². The lowest BCUT2D eigenvalue weighted by Gasteiger charge is -2.34. The van der Waals surface area contributed by atoms with Crippen LogP contribution in [0.5, 0.6) is 0 Å². The van der Waals surface area contributed by atoms with Gasteiger partial charge in [0.1, 0.15) is 12.6 Å². The Morgan fingerprint density at radius 2 is 2.21 bits per heavy atom. The van der Waals surface area contributed by atoms with Crippen molar-refractivity contribution in [3.05, 3.63) is 0 Å². The SMILES string of the molecule is COC(=O)C1CCCCN1C(=O)CN1CSCC1=O. The number of carbonyl (C=O) groups is 3. The molecule has 0 radical (unpaired) electrons. The van der Waals surface area contributed by atoms with Crippen LogP contribution in [0.25, 0.3) is 0 Å². The van der Waals surface area contributed by atoms with Crippen molar-refractivity contribution in [3.63, 3.8) is 0 Å². The molecule has 19 heavy (non-hydrogen) atoms. The summed E-state index contributed by atoms with van der Waals surface area (Å²) in [5, 5.41) is 0. The second-order valence-electron chi connectivity index (χ2n) is 4.69. The van der Waals surface area contributed by atoms with Gasteiger partial charge in [0.25, 0.3) is 0 Å². The monoisotopic (exact) mass is 286 g/mol. The fourth-order valence-corrected chi connectivity index (χ4v) is 3.31. The number of likely N-dealkylation sites (tertiary alicyclic amines) is 1. The van der Waals surface area contributed by atoms with Crippen LogP contribution in [-0.4, -0.2) is 65.5 Å². The van der Waals surface area contributed by atoms with Gasteiger partial charge in [0.2, 0.25) is 11.8 Å². The minimum atomic E-state index is -0.489. The maximum Gasteiger partial charge on any atom is 0.328 e. The van der Waals surface area contributed by atoms with Crippen LogP contribution in [0.15, 0.2) is 0 Å². The van der Waals surface area contributed by atoms with Crippen molar-refractivity contribution in [2.45, 2.75) is 25.3 Å². The molecule has 0 aromatic rings. The molecule has 0 spiro atoms. The van der Waals surface area contributed by atoms with Crippen molar-refractivity contribution in [1.82, 2.24) is 9.80 Å². The number of rotatable bonds is 3. The van der Waals surface area contributed by atoms with Gasteiger partial charge in [-0.15, -0.1) is 11.8 Å². The Balaban J connectivity index is 1.99. The summed E-state index contributed by atoms with van der Waals surface area (Å²) >= 11 is 1.50. The lowest BCUT2D eigenvalue weighted by molar-refractivity contribution is -0.155. The number of hydrogen-bond acceptors (Lipinski definition) is 5. The molecule has 2 heterocycles. The molecule has 2 rings (SSSR count). The van der Waals surface area contributed by atoms with E-state index in [0.29, 0.717) is 24.6 Å². The average molecular weight is 286 g/mol. The van der Waals surface area contributed by atoms with E-state index in [-0.39, 0.29) is 24.3 Å². The highest BCUT2D eigenvalue weighted by molar-refractivity contribution is 8.00. The molecule has 2 saturated heterocycles. The van der Waals surface area contributed by atoms with Gasteiger partial charge in [0.05, 0.1) is 18.7 Å². The number of hydrogen-bond donors (Lipinski definition) is 0. The Hall–Kier alpha value is -1.24. The third-order valence-corrected chi connectivity index (χ3v) is 4.39. The fraction of sp³-hybridized carbons (Fsp3) is 0.750. The van der Waals surface area contributed by atoms with Crippen LogP contribution in [0.1, 0.15) is 19.3 Å². The number of amides is 2. The molecule has 0 aromatic carbocycles. The van der Waals surface area contributed by atoms with Crippen molar-refractivity contribution in [3.8, 4) is 0 Å². The van der Waals surface area contributed by atoms with Gasteiger partial charge in [0, 0.05) is 6.54 Å². The molecule has 0 saturated carbocycles. The molecule has 2 aliphatic heterocycles. The lowest BCUT2D eigenvalue weighted by atomic mass is 10.0. The maximum absolute atomic E-state index is 12.2. The van der Waals surface area contributed by atoms with Gasteiger partial charge < -0.3 is 14.5 Å². The summed E-state index contributed by atoms with van der Waals surface area (Å²) in [7, 11) is 1.33. The quantitative estimate of drug-likeness (QED) is 0.687. The summed E-state index contributed by atoms with van der Waals surface area (Å²) in [6.07, 6.45) is 2.45. The zero-order valence-corrected chi connectivity index (χ0v) is 11.8. The molecule has 2 amide bonds. The van der Waals surface area contributed by atoms with Crippen LogP contribution in [-0.2, 0) is 19.1 Å². The normalized spacial score (nSPS) is 23.6. The van der Waals surface area contributed by atoms with Crippen LogP contribution in [0.2, 0.25) is 0 Å². The molecule has 0 aromatic heterocycles. The number of piperidine rings is 1. The summed E-state index contributed by atoms with van der Waals surface area (Å²) in [5.41, 5.74) is 0. The molecule has 6 nitrogen and oxygen atoms in total. The van der Waals surface area contributed by atoms with E-state index in [1.807, 2.05) is 0 Å². The van der Waals surface area contributed by atoms with Gasteiger partial charge >= 0.3 is 5.97 Å². The van der Waals surface area contributed by atoms with Crippen molar-refractivity contribution >= 4 is 29.5 Å². The first-order chi connectivity index (χ1) is 9.13. The first-order valence-electron chi connectivity index (χ1n) is 6.36. The highest BCUT2D eigenvalue weighted by atomic mass is 32.2. The average Bonchev–Trinajstić information content (AvgIpc) is 2.83. The zero-order valence-electron chi connectivity index (χ0n) is 11.0. The maximum atomic E-state index is 12.2. The van der Waals surface area contributed by atoms with Gasteiger partial charge in [-0.2, -0.15) is 0 Å². The number of nitrogens with zero attached hydrogens (tertiary/aromatic N) is 2. The molecule has 7 heteroatoms. The van der Waals surface area contributed by atoms with Gasteiger partial charge in [-0.3, -0.25) is 9.59 Å². The topological polar surface area (TPSA) is 66.9 Å². The van der Waals surface area contributed by atoms with Crippen molar-refractivity contribution in [2.24, 2.45) is 0 Å². The smallest absolute Gasteiger partial charge is 0.328 e. The summed E-state index contributed by atoms with van der Waals surface area (Å²) in [6.45, 7) is 0.632. The van der Waals surface area contributed by atoms with E-state index in [9.17, 15) is 14.4 Å². The van der Waals surface area contributed by atoms with Crippen molar-refractivity contribution in [1.29, 1.82) is 0 Å². The molecule has 106 valence electrons. The van der Waals surface area contributed by atoms with Crippen molar-refractivity contribution < 1.29 is 19.1 Å². The molecule has 2 aliphatic rings. The van der Waals surface area contributed by atoms with E-state index in [1.54, 1.807) is 4.90 Å². The Morgan fingerprint density at radius 3 is 2.84 bits per heavy atom. The van der Waals surface area contributed by atoms with Crippen molar-refractivity contribution in [2.75, 3.05) is 31.8 Å². The number of ether oxygens (including phenoxy) is 1.